The van der Waals surface area contributed by atoms with Crippen molar-refractivity contribution in [2.45, 2.75) is 38.1 Å². The number of amides is 3. The molecule has 41 heavy (non-hydrogen) atoms. The van der Waals surface area contributed by atoms with Crippen LogP contribution in [0.15, 0.2) is 66.7 Å². The van der Waals surface area contributed by atoms with E-state index in [1.54, 1.807) is 6.07 Å². The first kappa shape index (κ1) is 27.5. The van der Waals surface area contributed by atoms with E-state index in [9.17, 15) is 19.2 Å². The maximum absolute atomic E-state index is 14.1. The van der Waals surface area contributed by atoms with Crippen LogP contribution >= 0.6 is 23.2 Å². The van der Waals surface area contributed by atoms with Crippen LogP contribution in [0.5, 0.6) is 0 Å². The van der Waals surface area contributed by atoms with Crippen molar-refractivity contribution in [3.8, 4) is 0 Å². The van der Waals surface area contributed by atoms with Gasteiger partial charge in [0, 0.05) is 16.9 Å². The molecule has 1 heterocycles. The second kappa shape index (κ2) is 10.6. The van der Waals surface area contributed by atoms with Gasteiger partial charge in [-0.05, 0) is 52.8 Å². The van der Waals surface area contributed by atoms with Crippen LogP contribution in [0.3, 0.4) is 0 Å². The summed E-state index contributed by atoms with van der Waals surface area (Å²) in [5, 5.41) is 3.23. The monoisotopic (exact) mass is 590 g/mol. The van der Waals surface area contributed by atoms with Crippen molar-refractivity contribution < 1.29 is 23.9 Å². The Hall–Kier alpha value is -3.68. The van der Waals surface area contributed by atoms with Gasteiger partial charge in [0.25, 0.3) is 5.91 Å². The van der Waals surface area contributed by atoms with Gasteiger partial charge in [-0.2, -0.15) is 0 Å². The molecule has 0 saturated carbocycles. The van der Waals surface area contributed by atoms with Crippen LogP contribution in [0.25, 0.3) is 0 Å². The zero-order valence-electron chi connectivity index (χ0n) is 22.5. The van der Waals surface area contributed by atoms with Crippen LogP contribution in [-0.4, -0.2) is 41.2 Å². The Bertz CT molecular complexity index is 1470. The predicted octanol–water partition coefficient (Wildman–Crippen LogP) is 5.78. The van der Waals surface area contributed by atoms with Crippen molar-refractivity contribution in [1.29, 1.82) is 0 Å². The molecule has 2 bridgehead atoms. The third kappa shape index (κ3) is 4.61. The summed E-state index contributed by atoms with van der Waals surface area (Å²) in [5.74, 6) is -3.93. The lowest BCUT2D eigenvalue weighted by molar-refractivity contribution is -0.160. The molecule has 3 atom stereocenters. The van der Waals surface area contributed by atoms with Crippen molar-refractivity contribution in [2.75, 3.05) is 11.9 Å². The van der Waals surface area contributed by atoms with Gasteiger partial charge in [-0.25, -0.2) is 4.79 Å². The minimum Gasteiger partial charge on any atom is -0.454 e. The fourth-order valence-electron chi connectivity index (χ4n) is 6.77. The zero-order chi connectivity index (χ0) is 29.0. The van der Waals surface area contributed by atoms with Gasteiger partial charge in [-0.3, -0.25) is 19.3 Å². The van der Waals surface area contributed by atoms with E-state index in [4.69, 9.17) is 27.9 Å². The lowest BCUT2D eigenvalue weighted by Gasteiger charge is -2.45. The number of carbonyl (C=O) groups is 4. The van der Waals surface area contributed by atoms with Crippen molar-refractivity contribution in [2.24, 2.45) is 17.8 Å². The second-order valence-corrected chi connectivity index (χ2v) is 12.1. The summed E-state index contributed by atoms with van der Waals surface area (Å²) in [6, 6.07) is 19.4. The van der Waals surface area contributed by atoms with Gasteiger partial charge in [0.15, 0.2) is 6.61 Å². The quantitative estimate of drug-likeness (QED) is 0.278. The average molecular weight is 591 g/mol. The van der Waals surface area contributed by atoms with E-state index < -0.39 is 36.4 Å². The van der Waals surface area contributed by atoms with E-state index in [0.717, 1.165) is 27.2 Å². The number of nitrogens with zero attached hydrogens (tertiary/aromatic N) is 1. The third-order valence-electron chi connectivity index (χ3n) is 8.31. The molecule has 0 unspecified atom stereocenters. The highest BCUT2D eigenvalue weighted by Crippen LogP contribution is 2.61. The van der Waals surface area contributed by atoms with Crippen LogP contribution in [0.2, 0.25) is 10.0 Å². The number of likely N-dealkylation sites (tertiary alicyclic amines) is 1. The SMILES string of the molecule is CC(C)C[C@@H](C(=O)OCC(=O)Nc1cc(Cl)ccc1Cl)N1C(=O)[C@@H]2C3c4ccccc4C(c4ccccc43)[C@@H]2C1=O. The van der Waals surface area contributed by atoms with E-state index in [2.05, 4.69) is 5.32 Å². The maximum Gasteiger partial charge on any atom is 0.329 e. The van der Waals surface area contributed by atoms with Gasteiger partial charge < -0.3 is 10.1 Å². The van der Waals surface area contributed by atoms with Gasteiger partial charge in [0.1, 0.15) is 6.04 Å². The highest BCUT2D eigenvalue weighted by atomic mass is 35.5. The Labute approximate surface area is 247 Å². The van der Waals surface area contributed by atoms with Crippen LogP contribution in [0.4, 0.5) is 5.69 Å². The largest absolute Gasteiger partial charge is 0.454 e. The van der Waals surface area contributed by atoms with E-state index in [1.165, 1.54) is 12.1 Å². The summed E-state index contributed by atoms with van der Waals surface area (Å²) < 4.78 is 5.39. The van der Waals surface area contributed by atoms with E-state index in [-0.39, 0.29) is 46.7 Å². The lowest BCUT2D eigenvalue weighted by atomic mass is 9.55. The number of rotatable bonds is 7. The molecule has 7 rings (SSSR count). The first-order chi connectivity index (χ1) is 19.7. The number of nitrogens with one attached hydrogen (secondary N) is 1. The molecule has 210 valence electrons. The van der Waals surface area contributed by atoms with E-state index in [1.807, 2.05) is 62.4 Å². The van der Waals surface area contributed by atoms with Crippen LogP contribution in [0.1, 0.15) is 54.4 Å². The Morgan fingerprint density at radius 1 is 0.854 bits per heavy atom. The average Bonchev–Trinajstić information content (AvgIpc) is 3.22. The summed E-state index contributed by atoms with van der Waals surface area (Å²) in [7, 11) is 0. The smallest absolute Gasteiger partial charge is 0.329 e. The second-order valence-electron chi connectivity index (χ2n) is 11.2. The number of hydrogen-bond donors (Lipinski definition) is 1. The molecule has 0 radical (unpaired) electrons. The highest BCUT2D eigenvalue weighted by molar-refractivity contribution is 6.35. The fraction of sp³-hybridized carbons (Fsp3) is 0.312. The van der Waals surface area contributed by atoms with Crippen molar-refractivity contribution in [1.82, 2.24) is 4.90 Å². The topological polar surface area (TPSA) is 92.8 Å². The van der Waals surface area contributed by atoms with Crippen LogP contribution < -0.4 is 5.32 Å². The first-order valence-corrected chi connectivity index (χ1v) is 14.4. The molecule has 1 saturated heterocycles. The minimum absolute atomic E-state index is 0.0269. The summed E-state index contributed by atoms with van der Waals surface area (Å²) in [4.78, 5) is 55.4. The molecule has 7 nitrogen and oxygen atoms in total. The molecular weight excluding hydrogens is 563 g/mol. The predicted molar refractivity (Wildman–Crippen MR) is 155 cm³/mol. The molecule has 0 aromatic heterocycles. The van der Waals surface area contributed by atoms with Gasteiger partial charge in [-0.15, -0.1) is 0 Å². The number of benzene rings is 3. The van der Waals surface area contributed by atoms with Crippen molar-refractivity contribution in [3.63, 3.8) is 0 Å². The third-order valence-corrected chi connectivity index (χ3v) is 8.87. The molecule has 9 heteroatoms. The number of ether oxygens (including phenoxy) is 1. The first-order valence-electron chi connectivity index (χ1n) is 13.6. The van der Waals surface area contributed by atoms with Gasteiger partial charge in [0.05, 0.1) is 22.5 Å². The Balaban J connectivity index is 1.27. The van der Waals surface area contributed by atoms with Gasteiger partial charge in [-0.1, -0.05) is 85.6 Å². The summed E-state index contributed by atoms with van der Waals surface area (Å²) in [6.07, 6.45) is 0.215. The Kier molecular flexibility index (Phi) is 7.12. The van der Waals surface area contributed by atoms with E-state index in [0.29, 0.717) is 5.02 Å². The lowest BCUT2D eigenvalue weighted by Crippen LogP contribution is -2.47. The minimum atomic E-state index is -1.14. The molecule has 3 amide bonds. The fourth-order valence-corrected chi connectivity index (χ4v) is 7.11. The van der Waals surface area contributed by atoms with E-state index >= 15 is 0 Å². The molecular formula is C32H28Cl2N2O5. The Morgan fingerprint density at radius 3 is 1.85 bits per heavy atom. The normalized spacial score (nSPS) is 22.7. The Morgan fingerprint density at radius 2 is 1.37 bits per heavy atom. The van der Waals surface area contributed by atoms with Crippen molar-refractivity contribution >= 4 is 52.6 Å². The van der Waals surface area contributed by atoms with Gasteiger partial charge >= 0.3 is 5.97 Å². The molecule has 1 fully saturated rings. The molecule has 0 spiro atoms. The molecule has 3 aliphatic carbocycles. The van der Waals surface area contributed by atoms with Gasteiger partial charge in [0.2, 0.25) is 11.8 Å². The number of carbonyl (C=O) groups excluding carboxylic acids is 4. The summed E-state index contributed by atoms with van der Waals surface area (Å²) in [6.45, 7) is 3.20. The maximum atomic E-state index is 14.1. The number of anilines is 1. The molecule has 3 aromatic carbocycles. The molecule has 4 aliphatic rings. The number of esters is 1. The zero-order valence-corrected chi connectivity index (χ0v) is 24.0. The highest BCUT2D eigenvalue weighted by Gasteiger charge is 2.63. The molecule has 1 N–H and O–H groups in total. The number of halogens is 2. The molecule has 3 aromatic rings. The number of hydrogen-bond acceptors (Lipinski definition) is 5. The summed E-state index contributed by atoms with van der Waals surface area (Å²) >= 11 is 12.1. The van der Waals surface area contributed by atoms with Crippen molar-refractivity contribution in [3.05, 3.63) is 99.0 Å². The standard InChI is InChI=1S/C32H28Cl2N2O5/c1-16(2)13-24(32(40)41-15-25(37)35-23-14-17(33)11-12-22(23)34)36-30(38)28-26-18-7-3-4-8-19(18)27(29(28)31(36)39)21-10-6-5-9-20(21)26/h3-12,14,16,24,26-29H,13,15H2,1-2H3,(H,35,37)/t24-,26?,27?,28-,29+/m0/s1. The van der Waals surface area contributed by atoms with Crippen LogP contribution in [-0.2, 0) is 23.9 Å². The number of imide groups is 1. The van der Waals surface area contributed by atoms with Crippen LogP contribution in [0, 0.1) is 17.8 Å². The molecule has 1 aliphatic heterocycles. The summed E-state index contributed by atoms with van der Waals surface area (Å²) in [5.41, 5.74) is 4.50.